The molecule has 7 heteroatoms. The van der Waals surface area contributed by atoms with E-state index in [-0.39, 0.29) is 17.0 Å². The largest absolute Gasteiger partial charge is 1.00 e. The minimum atomic E-state index is -2.40. The molecule has 0 radical (unpaired) electrons. The van der Waals surface area contributed by atoms with Gasteiger partial charge in [0, 0.05) is 21.5 Å². The SMILES string of the molecule is FC(F)Sc1ccc(-c2csc(Nc3ccccc3)n2)cc1.[Br-]. The summed E-state index contributed by atoms with van der Waals surface area (Å²) in [5, 5.41) is 5.98. The van der Waals surface area contributed by atoms with E-state index in [1.165, 1.54) is 11.3 Å². The molecule has 3 rings (SSSR count). The number of aromatic nitrogens is 1. The van der Waals surface area contributed by atoms with Crippen LogP contribution in [0.15, 0.2) is 64.9 Å². The summed E-state index contributed by atoms with van der Waals surface area (Å²) in [5.41, 5.74) is 2.72. The minimum absolute atomic E-state index is 0. The lowest BCUT2D eigenvalue weighted by Crippen LogP contribution is -3.00. The van der Waals surface area contributed by atoms with Crippen LogP contribution >= 0.6 is 23.1 Å². The van der Waals surface area contributed by atoms with Crippen LogP contribution in [0.5, 0.6) is 0 Å². The maximum Gasteiger partial charge on any atom is 0.288 e. The van der Waals surface area contributed by atoms with Crippen molar-refractivity contribution in [3.05, 3.63) is 60.0 Å². The molecule has 0 aliphatic heterocycles. The van der Waals surface area contributed by atoms with Crippen molar-refractivity contribution in [1.82, 2.24) is 4.98 Å². The van der Waals surface area contributed by atoms with E-state index < -0.39 is 5.76 Å². The number of halogens is 3. The first kappa shape index (κ1) is 17.9. The molecule has 23 heavy (non-hydrogen) atoms. The Morgan fingerprint density at radius 2 is 1.70 bits per heavy atom. The molecule has 0 spiro atoms. The fraction of sp³-hybridized carbons (Fsp3) is 0.0625. The second-order valence-electron chi connectivity index (χ2n) is 4.43. The van der Waals surface area contributed by atoms with Gasteiger partial charge in [0.25, 0.3) is 5.76 Å². The molecule has 0 aliphatic carbocycles. The van der Waals surface area contributed by atoms with Gasteiger partial charge in [0.15, 0.2) is 5.13 Å². The molecule has 120 valence electrons. The number of thiazole rings is 1. The van der Waals surface area contributed by atoms with E-state index in [1.54, 1.807) is 12.1 Å². The molecule has 0 unspecified atom stereocenters. The summed E-state index contributed by atoms with van der Waals surface area (Å²) in [6.07, 6.45) is 0. The van der Waals surface area contributed by atoms with E-state index in [1.807, 2.05) is 47.8 Å². The molecule has 3 aromatic rings. The predicted molar refractivity (Wildman–Crippen MR) is 89.1 cm³/mol. The summed E-state index contributed by atoms with van der Waals surface area (Å²) < 4.78 is 24.6. The van der Waals surface area contributed by atoms with Gasteiger partial charge in [0.05, 0.1) is 5.69 Å². The van der Waals surface area contributed by atoms with E-state index in [9.17, 15) is 8.78 Å². The molecule has 1 heterocycles. The summed E-state index contributed by atoms with van der Waals surface area (Å²) in [6, 6.07) is 16.8. The Labute approximate surface area is 151 Å². The number of anilines is 2. The molecular weight excluding hydrogens is 402 g/mol. The lowest BCUT2D eigenvalue weighted by molar-refractivity contribution is -0.00000643. The van der Waals surface area contributed by atoms with Gasteiger partial charge in [0.2, 0.25) is 0 Å². The number of nitrogens with zero attached hydrogens (tertiary/aromatic N) is 1. The summed E-state index contributed by atoms with van der Waals surface area (Å²) in [7, 11) is 0. The zero-order valence-corrected chi connectivity index (χ0v) is 15.0. The summed E-state index contributed by atoms with van der Waals surface area (Å²) in [6.45, 7) is 0. The van der Waals surface area contributed by atoms with Crippen molar-refractivity contribution >= 4 is 33.9 Å². The lowest BCUT2D eigenvalue weighted by atomic mass is 10.2. The van der Waals surface area contributed by atoms with Gasteiger partial charge in [-0.3, -0.25) is 0 Å². The maximum atomic E-state index is 12.3. The number of alkyl halides is 2. The van der Waals surface area contributed by atoms with E-state index in [2.05, 4.69) is 10.3 Å². The summed E-state index contributed by atoms with van der Waals surface area (Å²) >= 11 is 2.05. The maximum absolute atomic E-state index is 12.3. The van der Waals surface area contributed by atoms with Gasteiger partial charge in [-0.15, -0.1) is 11.3 Å². The number of hydrogen-bond acceptors (Lipinski definition) is 4. The first-order valence-electron chi connectivity index (χ1n) is 6.53. The van der Waals surface area contributed by atoms with Gasteiger partial charge in [-0.25, -0.2) is 4.98 Å². The van der Waals surface area contributed by atoms with Crippen LogP contribution in [0.1, 0.15) is 0 Å². The third-order valence-electron chi connectivity index (χ3n) is 2.90. The Bertz CT molecular complexity index is 733. The van der Waals surface area contributed by atoms with E-state index >= 15 is 0 Å². The van der Waals surface area contributed by atoms with Crippen molar-refractivity contribution < 1.29 is 25.8 Å². The number of benzene rings is 2. The third-order valence-corrected chi connectivity index (χ3v) is 4.38. The van der Waals surface area contributed by atoms with Gasteiger partial charge in [-0.2, -0.15) is 8.78 Å². The molecule has 0 saturated heterocycles. The molecule has 0 saturated carbocycles. The second kappa shape index (κ2) is 8.42. The standard InChI is InChI=1S/C16H12F2N2S2.BrH/c17-15(18)22-13-8-6-11(7-9-13)14-10-21-16(20-14)19-12-4-2-1-3-5-12;/h1-10,15H,(H,19,20);1H/p-1. The van der Waals surface area contributed by atoms with Crippen LogP contribution in [0.4, 0.5) is 19.6 Å². The number of thioether (sulfide) groups is 1. The zero-order valence-electron chi connectivity index (χ0n) is 11.7. The fourth-order valence-corrected chi connectivity index (χ4v) is 3.15. The topological polar surface area (TPSA) is 24.9 Å². The molecule has 0 atom stereocenters. The number of rotatable bonds is 5. The van der Waals surface area contributed by atoms with Gasteiger partial charge < -0.3 is 22.3 Å². The average molecular weight is 414 g/mol. The van der Waals surface area contributed by atoms with Gasteiger partial charge >= 0.3 is 0 Å². The Morgan fingerprint density at radius 1 is 1.00 bits per heavy atom. The van der Waals surface area contributed by atoms with Crippen LogP contribution in [0.25, 0.3) is 11.3 Å². The fourth-order valence-electron chi connectivity index (χ4n) is 1.92. The Kier molecular flexibility index (Phi) is 6.56. The highest BCUT2D eigenvalue weighted by Gasteiger charge is 2.07. The van der Waals surface area contributed by atoms with Gasteiger partial charge in [0.1, 0.15) is 0 Å². The van der Waals surface area contributed by atoms with E-state index in [0.29, 0.717) is 16.7 Å². The number of hydrogen-bond donors (Lipinski definition) is 1. The average Bonchev–Trinajstić information content (AvgIpc) is 2.97. The Balaban J connectivity index is 0.00000192. The van der Waals surface area contributed by atoms with Crippen LogP contribution in [0, 0.1) is 0 Å². The molecule has 0 bridgehead atoms. The molecule has 0 aliphatic rings. The van der Waals surface area contributed by atoms with Crippen molar-refractivity contribution in [3.63, 3.8) is 0 Å². The smallest absolute Gasteiger partial charge is 0.288 e. The zero-order chi connectivity index (χ0) is 15.4. The van der Waals surface area contributed by atoms with E-state index in [4.69, 9.17) is 0 Å². The molecule has 0 fully saturated rings. The van der Waals surface area contributed by atoms with Gasteiger partial charge in [-0.05, 0) is 24.3 Å². The molecule has 1 N–H and O–H groups in total. The van der Waals surface area contributed by atoms with Crippen molar-refractivity contribution in [3.8, 4) is 11.3 Å². The van der Waals surface area contributed by atoms with Crippen molar-refractivity contribution in [2.75, 3.05) is 5.32 Å². The molecular formula is C16H12BrF2N2S2-. The van der Waals surface area contributed by atoms with Crippen LogP contribution < -0.4 is 22.3 Å². The van der Waals surface area contributed by atoms with E-state index in [0.717, 1.165) is 22.1 Å². The third kappa shape index (κ3) is 5.02. The first-order valence-corrected chi connectivity index (χ1v) is 8.29. The molecule has 0 amide bonds. The van der Waals surface area contributed by atoms with Crippen molar-refractivity contribution in [1.29, 1.82) is 0 Å². The second-order valence-corrected chi connectivity index (χ2v) is 6.35. The van der Waals surface area contributed by atoms with Crippen LogP contribution in [0.2, 0.25) is 0 Å². The summed E-state index contributed by atoms with van der Waals surface area (Å²) in [5.74, 6) is -2.40. The number of para-hydroxylation sites is 1. The van der Waals surface area contributed by atoms with Gasteiger partial charge in [-0.1, -0.05) is 42.1 Å². The quantitative estimate of drug-likeness (QED) is 0.651. The first-order chi connectivity index (χ1) is 10.7. The highest BCUT2D eigenvalue weighted by Crippen LogP contribution is 2.30. The van der Waals surface area contributed by atoms with Crippen LogP contribution in [-0.2, 0) is 0 Å². The highest BCUT2D eigenvalue weighted by molar-refractivity contribution is 7.99. The lowest BCUT2D eigenvalue weighted by Gasteiger charge is -2.02. The Hall–Kier alpha value is -1.44. The van der Waals surface area contributed by atoms with Crippen molar-refractivity contribution in [2.45, 2.75) is 10.7 Å². The predicted octanol–water partition coefficient (Wildman–Crippen LogP) is 2.87. The molecule has 2 aromatic carbocycles. The van der Waals surface area contributed by atoms with Crippen LogP contribution in [-0.4, -0.2) is 10.7 Å². The number of nitrogens with one attached hydrogen (secondary N) is 1. The van der Waals surface area contributed by atoms with Crippen LogP contribution in [0.3, 0.4) is 0 Å². The van der Waals surface area contributed by atoms with Crippen molar-refractivity contribution in [2.24, 2.45) is 0 Å². The summed E-state index contributed by atoms with van der Waals surface area (Å²) in [4.78, 5) is 5.07. The molecule has 2 nitrogen and oxygen atoms in total. The molecule has 1 aromatic heterocycles. The normalized spacial score (nSPS) is 10.4. The monoisotopic (exact) mass is 413 g/mol. The highest BCUT2D eigenvalue weighted by atomic mass is 79.9. The minimum Gasteiger partial charge on any atom is -1.00 e. The Morgan fingerprint density at radius 3 is 2.35 bits per heavy atom.